The zero-order valence-corrected chi connectivity index (χ0v) is 11.7. The second-order valence-electron chi connectivity index (χ2n) is 4.30. The second-order valence-corrected chi connectivity index (χ2v) is 4.69. The number of aromatic nitrogens is 1. The van der Waals surface area contributed by atoms with E-state index in [1.807, 2.05) is 19.1 Å². The Morgan fingerprint density at radius 2 is 2.10 bits per heavy atom. The SMILES string of the molecule is CCC(Nc1cccc(Cl)n1)c1cccc([N+](=O)[O-])c1. The van der Waals surface area contributed by atoms with Crippen LogP contribution in [0.2, 0.25) is 5.15 Å². The van der Waals surface area contributed by atoms with Gasteiger partial charge in [0.2, 0.25) is 0 Å². The van der Waals surface area contributed by atoms with E-state index in [-0.39, 0.29) is 11.7 Å². The Labute approximate surface area is 121 Å². The van der Waals surface area contributed by atoms with Crippen LogP contribution in [0.15, 0.2) is 42.5 Å². The highest BCUT2D eigenvalue weighted by molar-refractivity contribution is 6.29. The minimum atomic E-state index is -0.395. The minimum Gasteiger partial charge on any atom is -0.363 e. The van der Waals surface area contributed by atoms with Gasteiger partial charge in [-0.15, -0.1) is 0 Å². The lowest BCUT2D eigenvalue weighted by atomic mass is 10.0. The van der Waals surface area contributed by atoms with Gasteiger partial charge >= 0.3 is 0 Å². The molecule has 1 unspecified atom stereocenters. The van der Waals surface area contributed by atoms with Crippen molar-refractivity contribution < 1.29 is 4.92 Å². The Morgan fingerprint density at radius 3 is 2.75 bits per heavy atom. The molecule has 0 saturated carbocycles. The molecule has 5 nitrogen and oxygen atoms in total. The van der Waals surface area contributed by atoms with Crippen molar-refractivity contribution in [1.82, 2.24) is 4.98 Å². The quantitative estimate of drug-likeness (QED) is 0.509. The lowest BCUT2D eigenvalue weighted by molar-refractivity contribution is -0.384. The molecular weight excluding hydrogens is 278 g/mol. The largest absolute Gasteiger partial charge is 0.363 e. The molecule has 1 aromatic carbocycles. The van der Waals surface area contributed by atoms with Crippen molar-refractivity contribution in [3.05, 3.63) is 63.3 Å². The Hall–Kier alpha value is -2.14. The molecule has 0 bridgehead atoms. The molecule has 2 rings (SSSR count). The van der Waals surface area contributed by atoms with E-state index in [4.69, 9.17) is 11.6 Å². The van der Waals surface area contributed by atoms with Gasteiger partial charge in [-0.1, -0.05) is 36.7 Å². The highest BCUT2D eigenvalue weighted by atomic mass is 35.5. The molecule has 1 aromatic heterocycles. The Balaban J connectivity index is 2.24. The van der Waals surface area contributed by atoms with Crippen LogP contribution in [0.25, 0.3) is 0 Å². The fourth-order valence-corrected chi connectivity index (χ4v) is 2.11. The summed E-state index contributed by atoms with van der Waals surface area (Å²) in [6, 6.07) is 11.9. The normalized spacial score (nSPS) is 11.9. The molecule has 1 heterocycles. The number of nitro benzene ring substituents is 1. The first-order chi connectivity index (χ1) is 9.60. The van der Waals surface area contributed by atoms with Crippen LogP contribution in [0, 0.1) is 10.1 Å². The van der Waals surface area contributed by atoms with Crippen molar-refractivity contribution in [3.8, 4) is 0 Å². The summed E-state index contributed by atoms with van der Waals surface area (Å²) in [5, 5.41) is 14.5. The fourth-order valence-electron chi connectivity index (χ4n) is 1.94. The third kappa shape index (κ3) is 3.45. The third-order valence-corrected chi connectivity index (χ3v) is 3.14. The summed E-state index contributed by atoms with van der Waals surface area (Å²) in [6.07, 6.45) is 0.773. The van der Waals surface area contributed by atoms with Crippen molar-refractivity contribution in [1.29, 1.82) is 0 Å². The standard InChI is InChI=1S/C14H14ClN3O2/c1-2-12(16-14-8-4-7-13(15)17-14)10-5-3-6-11(9-10)18(19)20/h3-9,12H,2H2,1H3,(H,16,17). The third-order valence-electron chi connectivity index (χ3n) is 2.93. The number of nitrogens with one attached hydrogen (secondary N) is 1. The van der Waals surface area contributed by atoms with E-state index in [0.29, 0.717) is 11.0 Å². The topological polar surface area (TPSA) is 68.1 Å². The van der Waals surface area contributed by atoms with E-state index in [2.05, 4.69) is 10.3 Å². The van der Waals surface area contributed by atoms with Crippen molar-refractivity contribution in [3.63, 3.8) is 0 Å². The van der Waals surface area contributed by atoms with Gasteiger partial charge in [0.05, 0.1) is 11.0 Å². The predicted octanol–water partition coefficient (Wildman–Crippen LogP) is 4.21. The number of halogens is 1. The van der Waals surface area contributed by atoms with E-state index in [0.717, 1.165) is 12.0 Å². The van der Waals surface area contributed by atoms with Crippen LogP contribution in [-0.2, 0) is 0 Å². The maximum absolute atomic E-state index is 10.8. The summed E-state index contributed by atoms with van der Waals surface area (Å²) >= 11 is 5.84. The maximum Gasteiger partial charge on any atom is 0.269 e. The Morgan fingerprint density at radius 1 is 1.35 bits per heavy atom. The molecule has 0 fully saturated rings. The first-order valence-corrected chi connectivity index (χ1v) is 6.61. The van der Waals surface area contributed by atoms with Crippen LogP contribution in [0.1, 0.15) is 24.9 Å². The predicted molar refractivity (Wildman–Crippen MR) is 79.0 cm³/mol. The van der Waals surface area contributed by atoms with Gasteiger partial charge in [-0.2, -0.15) is 0 Å². The van der Waals surface area contributed by atoms with Gasteiger partial charge in [-0.05, 0) is 24.1 Å². The molecule has 0 aliphatic carbocycles. The first kappa shape index (κ1) is 14.3. The Kier molecular flexibility index (Phi) is 4.53. The molecule has 104 valence electrons. The molecule has 20 heavy (non-hydrogen) atoms. The minimum absolute atomic E-state index is 0.0548. The molecule has 1 N–H and O–H groups in total. The number of hydrogen-bond donors (Lipinski definition) is 1. The summed E-state index contributed by atoms with van der Waals surface area (Å²) in [6.45, 7) is 2.00. The zero-order valence-electron chi connectivity index (χ0n) is 10.9. The number of pyridine rings is 1. The first-order valence-electron chi connectivity index (χ1n) is 6.23. The van der Waals surface area contributed by atoms with Gasteiger partial charge < -0.3 is 5.32 Å². The summed E-state index contributed by atoms with van der Waals surface area (Å²) in [7, 11) is 0. The number of non-ortho nitro benzene ring substituents is 1. The molecule has 0 saturated heterocycles. The molecule has 0 aliphatic heterocycles. The molecule has 6 heteroatoms. The summed E-state index contributed by atoms with van der Waals surface area (Å²) in [4.78, 5) is 14.6. The van der Waals surface area contributed by atoms with Gasteiger partial charge in [0.15, 0.2) is 0 Å². The van der Waals surface area contributed by atoms with Gasteiger partial charge in [0.1, 0.15) is 11.0 Å². The molecule has 0 spiro atoms. The molecular formula is C14H14ClN3O2. The Bertz CT molecular complexity index is 619. The number of rotatable bonds is 5. The highest BCUT2D eigenvalue weighted by Gasteiger charge is 2.13. The number of hydrogen-bond acceptors (Lipinski definition) is 4. The van der Waals surface area contributed by atoms with Crippen molar-refractivity contribution in [2.75, 3.05) is 5.32 Å². The lowest BCUT2D eigenvalue weighted by Gasteiger charge is -2.18. The van der Waals surface area contributed by atoms with E-state index in [1.165, 1.54) is 6.07 Å². The molecule has 1 atom stereocenters. The van der Waals surface area contributed by atoms with Gasteiger partial charge in [-0.25, -0.2) is 4.98 Å². The number of benzene rings is 1. The molecule has 0 aliphatic rings. The van der Waals surface area contributed by atoms with Gasteiger partial charge in [0, 0.05) is 12.1 Å². The zero-order chi connectivity index (χ0) is 14.5. The van der Waals surface area contributed by atoms with Crippen LogP contribution in [0.4, 0.5) is 11.5 Å². The maximum atomic E-state index is 10.8. The average molecular weight is 292 g/mol. The molecule has 2 aromatic rings. The summed E-state index contributed by atoms with van der Waals surface area (Å²) in [5.41, 5.74) is 0.935. The van der Waals surface area contributed by atoms with Crippen LogP contribution in [-0.4, -0.2) is 9.91 Å². The highest BCUT2D eigenvalue weighted by Crippen LogP contribution is 2.25. The summed E-state index contributed by atoms with van der Waals surface area (Å²) < 4.78 is 0. The van der Waals surface area contributed by atoms with Crippen LogP contribution >= 0.6 is 11.6 Å². The molecule has 0 radical (unpaired) electrons. The number of anilines is 1. The van der Waals surface area contributed by atoms with Crippen LogP contribution < -0.4 is 5.32 Å². The van der Waals surface area contributed by atoms with E-state index >= 15 is 0 Å². The smallest absolute Gasteiger partial charge is 0.269 e. The van der Waals surface area contributed by atoms with Gasteiger partial charge in [-0.3, -0.25) is 10.1 Å². The van der Waals surface area contributed by atoms with Crippen molar-refractivity contribution in [2.45, 2.75) is 19.4 Å². The average Bonchev–Trinajstić information content (AvgIpc) is 2.45. The number of nitrogens with zero attached hydrogens (tertiary/aromatic N) is 2. The summed E-state index contributed by atoms with van der Waals surface area (Å²) in [5.74, 6) is 0.649. The van der Waals surface area contributed by atoms with Crippen LogP contribution in [0.3, 0.4) is 0 Å². The van der Waals surface area contributed by atoms with Crippen molar-refractivity contribution >= 4 is 23.1 Å². The van der Waals surface area contributed by atoms with E-state index in [9.17, 15) is 10.1 Å². The monoisotopic (exact) mass is 291 g/mol. The van der Waals surface area contributed by atoms with Crippen LogP contribution in [0.5, 0.6) is 0 Å². The molecule has 0 amide bonds. The lowest BCUT2D eigenvalue weighted by Crippen LogP contribution is -2.11. The fraction of sp³-hybridized carbons (Fsp3) is 0.214. The van der Waals surface area contributed by atoms with Gasteiger partial charge in [0.25, 0.3) is 5.69 Å². The van der Waals surface area contributed by atoms with Crippen molar-refractivity contribution in [2.24, 2.45) is 0 Å². The number of nitro groups is 1. The second kappa shape index (κ2) is 6.34. The van der Waals surface area contributed by atoms with E-state index < -0.39 is 4.92 Å². The van der Waals surface area contributed by atoms with E-state index in [1.54, 1.807) is 24.3 Å².